The zero-order valence-electron chi connectivity index (χ0n) is 9.91. The topological polar surface area (TPSA) is 35.2 Å². The molecular weight excluding hydrogens is 297 g/mol. The van der Waals surface area contributed by atoms with E-state index in [1.165, 1.54) is 6.07 Å². The first kappa shape index (κ1) is 13.1. The summed E-state index contributed by atoms with van der Waals surface area (Å²) in [6.45, 7) is 2.04. The van der Waals surface area contributed by atoms with Crippen LogP contribution in [0.3, 0.4) is 0 Å². The molecule has 2 rings (SSSR count). The molecule has 0 saturated carbocycles. The van der Waals surface area contributed by atoms with Gasteiger partial charge in [0.05, 0.1) is 0 Å². The lowest BCUT2D eigenvalue weighted by Crippen LogP contribution is -2.02. The molecule has 0 saturated heterocycles. The van der Waals surface area contributed by atoms with Gasteiger partial charge in [-0.3, -0.25) is 0 Å². The first-order valence-electron chi connectivity index (χ1n) is 5.53. The van der Waals surface area contributed by atoms with E-state index in [1.54, 1.807) is 12.1 Å². The van der Waals surface area contributed by atoms with Crippen LogP contribution in [-0.4, -0.2) is 0 Å². The average molecular weight is 310 g/mol. The minimum Gasteiger partial charge on any atom is -0.457 e. The summed E-state index contributed by atoms with van der Waals surface area (Å²) in [5, 5.41) is 0. The van der Waals surface area contributed by atoms with Crippen molar-refractivity contribution in [3.8, 4) is 11.5 Å². The minimum absolute atomic E-state index is 0.109. The normalized spacial score (nSPS) is 10.4. The molecule has 2 nitrogen and oxygen atoms in total. The number of hydrogen-bond donors (Lipinski definition) is 1. The fourth-order valence-corrected chi connectivity index (χ4v) is 2.15. The zero-order chi connectivity index (χ0) is 13.1. The Balaban J connectivity index is 2.37. The molecular formula is C14H13BrFNO. The summed E-state index contributed by atoms with van der Waals surface area (Å²) in [5.41, 5.74) is 6.90. The summed E-state index contributed by atoms with van der Waals surface area (Å²) in [6.07, 6.45) is 0. The molecule has 0 spiro atoms. The van der Waals surface area contributed by atoms with Crippen LogP contribution in [-0.2, 0) is 6.54 Å². The van der Waals surface area contributed by atoms with Gasteiger partial charge in [0, 0.05) is 16.6 Å². The number of nitrogens with two attached hydrogens (primary N) is 1. The van der Waals surface area contributed by atoms with E-state index in [-0.39, 0.29) is 12.4 Å². The minimum atomic E-state index is -0.343. The summed E-state index contributed by atoms with van der Waals surface area (Å²) in [5.74, 6) is 0.811. The number of hydrogen-bond acceptors (Lipinski definition) is 2. The van der Waals surface area contributed by atoms with E-state index in [1.807, 2.05) is 25.1 Å². The van der Waals surface area contributed by atoms with Crippen LogP contribution in [0.4, 0.5) is 4.39 Å². The van der Waals surface area contributed by atoms with E-state index >= 15 is 0 Å². The van der Waals surface area contributed by atoms with Crippen LogP contribution < -0.4 is 10.5 Å². The van der Waals surface area contributed by atoms with Gasteiger partial charge in [0.25, 0.3) is 0 Å². The number of halogens is 2. The van der Waals surface area contributed by atoms with Crippen LogP contribution in [0.2, 0.25) is 0 Å². The van der Waals surface area contributed by atoms with Crippen LogP contribution in [0, 0.1) is 12.7 Å². The quantitative estimate of drug-likeness (QED) is 0.924. The standard InChI is InChI=1S/C14H13BrFNO/c1-9-7-10(15)5-6-13(9)18-14-4-2-3-12(16)11(14)8-17/h2-7H,8,17H2,1H3. The molecule has 94 valence electrons. The van der Waals surface area contributed by atoms with Gasteiger partial charge in [-0.2, -0.15) is 0 Å². The van der Waals surface area contributed by atoms with Crippen LogP contribution >= 0.6 is 15.9 Å². The number of rotatable bonds is 3. The van der Waals surface area contributed by atoms with Gasteiger partial charge in [0.2, 0.25) is 0 Å². The molecule has 0 aromatic heterocycles. The monoisotopic (exact) mass is 309 g/mol. The molecule has 2 aromatic rings. The predicted octanol–water partition coefficient (Wildman–Crippen LogP) is 4.15. The summed E-state index contributed by atoms with van der Waals surface area (Å²) in [4.78, 5) is 0. The Morgan fingerprint density at radius 3 is 2.67 bits per heavy atom. The smallest absolute Gasteiger partial charge is 0.134 e. The maximum Gasteiger partial charge on any atom is 0.134 e. The molecule has 2 N–H and O–H groups in total. The third-order valence-corrected chi connectivity index (χ3v) is 3.13. The van der Waals surface area contributed by atoms with Crippen molar-refractivity contribution in [1.82, 2.24) is 0 Å². The molecule has 0 fully saturated rings. The lowest BCUT2D eigenvalue weighted by atomic mass is 10.2. The molecule has 0 aliphatic rings. The zero-order valence-corrected chi connectivity index (χ0v) is 11.5. The average Bonchev–Trinajstić information content (AvgIpc) is 2.33. The van der Waals surface area contributed by atoms with Crippen molar-refractivity contribution >= 4 is 15.9 Å². The lowest BCUT2D eigenvalue weighted by Gasteiger charge is -2.12. The van der Waals surface area contributed by atoms with Crippen LogP contribution in [0.1, 0.15) is 11.1 Å². The Morgan fingerprint density at radius 2 is 2.00 bits per heavy atom. The van der Waals surface area contributed by atoms with Crippen molar-refractivity contribution in [2.75, 3.05) is 0 Å². The van der Waals surface area contributed by atoms with Crippen LogP contribution in [0.5, 0.6) is 11.5 Å². The van der Waals surface area contributed by atoms with E-state index in [2.05, 4.69) is 15.9 Å². The molecule has 0 bridgehead atoms. The van der Waals surface area contributed by atoms with Crippen molar-refractivity contribution in [2.24, 2.45) is 5.73 Å². The molecule has 0 heterocycles. The van der Waals surface area contributed by atoms with Crippen molar-refractivity contribution in [3.05, 3.63) is 57.8 Å². The fraction of sp³-hybridized carbons (Fsp3) is 0.143. The van der Waals surface area contributed by atoms with Gasteiger partial charge in [-0.1, -0.05) is 22.0 Å². The summed E-state index contributed by atoms with van der Waals surface area (Å²) in [6, 6.07) is 10.4. The fourth-order valence-electron chi connectivity index (χ4n) is 1.68. The van der Waals surface area contributed by atoms with Crippen molar-refractivity contribution in [3.63, 3.8) is 0 Å². The predicted molar refractivity (Wildman–Crippen MR) is 73.2 cm³/mol. The van der Waals surface area contributed by atoms with E-state index in [9.17, 15) is 4.39 Å². The maximum atomic E-state index is 13.6. The van der Waals surface area contributed by atoms with Gasteiger partial charge < -0.3 is 10.5 Å². The van der Waals surface area contributed by atoms with Gasteiger partial charge in [-0.15, -0.1) is 0 Å². The molecule has 0 atom stereocenters. The second-order valence-corrected chi connectivity index (χ2v) is 4.85. The summed E-state index contributed by atoms with van der Waals surface area (Å²) < 4.78 is 20.3. The number of benzene rings is 2. The van der Waals surface area contributed by atoms with Crippen LogP contribution in [0.15, 0.2) is 40.9 Å². The highest BCUT2D eigenvalue weighted by Gasteiger charge is 2.10. The third kappa shape index (κ3) is 2.71. The van der Waals surface area contributed by atoms with E-state index in [0.717, 1.165) is 10.0 Å². The van der Waals surface area contributed by atoms with Crippen molar-refractivity contribution in [2.45, 2.75) is 13.5 Å². The highest BCUT2D eigenvalue weighted by atomic mass is 79.9. The molecule has 18 heavy (non-hydrogen) atoms. The summed E-state index contributed by atoms with van der Waals surface area (Å²) in [7, 11) is 0. The van der Waals surface area contributed by atoms with Crippen LogP contribution in [0.25, 0.3) is 0 Å². The molecule has 0 aliphatic heterocycles. The second-order valence-electron chi connectivity index (χ2n) is 3.93. The molecule has 0 unspecified atom stereocenters. The van der Waals surface area contributed by atoms with Gasteiger partial charge in [0.1, 0.15) is 17.3 Å². The lowest BCUT2D eigenvalue weighted by molar-refractivity contribution is 0.464. The molecule has 0 amide bonds. The first-order valence-corrected chi connectivity index (χ1v) is 6.32. The Bertz CT molecular complexity index is 572. The van der Waals surface area contributed by atoms with E-state index in [4.69, 9.17) is 10.5 Å². The highest BCUT2D eigenvalue weighted by Crippen LogP contribution is 2.30. The number of aryl methyl sites for hydroxylation is 1. The van der Waals surface area contributed by atoms with Crippen molar-refractivity contribution in [1.29, 1.82) is 0 Å². The van der Waals surface area contributed by atoms with E-state index in [0.29, 0.717) is 17.1 Å². The van der Waals surface area contributed by atoms with Gasteiger partial charge in [0.15, 0.2) is 0 Å². The summed E-state index contributed by atoms with van der Waals surface area (Å²) >= 11 is 3.39. The Hall–Kier alpha value is -1.39. The highest BCUT2D eigenvalue weighted by molar-refractivity contribution is 9.10. The molecule has 0 aliphatic carbocycles. The molecule has 0 radical (unpaired) electrons. The third-order valence-electron chi connectivity index (χ3n) is 2.64. The second kappa shape index (κ2) is 5.50. The maximum absolute atomic E-state index is 13.6. The molecule has 4 heteroatoms. The van der Waals surface area contributed by atoms with Gasteiger partial charge in [-0.25, -0.2) is 4.39 Å². The van der Waals surface area contributed by atoms with Crippen molar-refractivity contribution < 1.29 is 9.13 Å². The number of ether oxygens (including phenoxy) is 1. The van der Waals surface area contributed by atoms with Gasteiger partial charge >= 0.3 is 0 Å². The Labute approximate surface area is 114 Å². The first-order chi connectivity index (χ1) is 8.61. The Kier molecular flexibility index (Phi) is 3.99. The largest absolute Gasteiger partial charge is 0.457 e. The van der Waals surface area contributed by atoms with Gasteiger partial charge in [-0.05, 0) is 42.8 Å². The SMILES string of the molecule is Cc1cc(Br)ccc1Oc1cccc(F)c1CN. The van der Waals surface area contributed by atoms with E-state index < -0.39 is 0 Å². The molecule has 2 aromatic carbocycles. The Morgan fingerprint density at radius 1 is 1.22 bits per heavy atom.